The second-order valence-corrected chi connectivity index (χ2v) is 6.15. The van der Waals surface area contributed by atoms with Gasteiger partial charge in [0, 0.05) is 25.0 Å². The van der Waals surface area contributed by atoms with E-state index in [1.165, 1.54) is 11.8 Å². The van der Waals surface area contributed by atoms with Crippen LogP contribution in [-0.2, 0) is 6.42 Å². The van der Waals surface area contributed by atoms with Crippen molar-refractivity contribution in [3.63, 3.8) is 0 Å². The van der Waals surface area contributed by atoms with E-state index in [0.29, 0.717) is 22.7 Å². The summed E-state index contributed by atoms with van der Waals surface area (Å²) < 4.78 is 10.5. The van der Waals surface area contributed by atoms with Crippen LogP contribution in [0.15, 0.2) is 67.0 Å². The summed E-state index contributed by atoms with van der Waals surface area (Å²) >= 11 is 0. The van der Waals surface area contributed by atoms with E-state index in [9.17, 15) is 4.79 Å². The van der Waals surface area contributed by atoms with Crippen LogP contribution in [-0.4, -0.2) is 31.7 Å². The van der Waals surface area contributed by atoms with Crippen molar-refractivity contribution in [3.05, 3.63) is 78.1 Å². The average molecular weight is 377 g/mol. The van der Waals surface area contributed by atoms with Gasteiger partial charge in [-0.15, -0.1) is 0 Å². The van der Waals surface area contributed by atoms with Gasteiger partial charge in [0.25, 0.3) is 5.91 Å². The quantitative estimate of drug-likeness (QED) is 0.621. The number of carbonyl (C=O) groups excluding carboxylic acids is 1. The van der Waals surface area contributed by atoms with Gasteiger partial charge >= 0.3 is 0 Å². The van der Waals surface area contributed by atoms with Crippen LogP contribution in [0, 0.1) is 0 Å². The third-order valence-corrected chi connectivity index (χ3v) is 4.24. The molecular formula is C22H23N3O3. The van der Waals surface area contributed by atoms with Crippen LogP contribution in [0.1, 0.15) is 15.9 Å². The summed E-state index contributed by atoms with van der Waals surface area (Å²) in [5.74, 6) is 0.913. The summed E-state index contributed by atoms with van der Waals surface area (Å²) in [6.07, 6.45) is 4.12. The van der Waals surface area contributed by atoms with E-state index in [0.717, 1.165) is 18.7 Å². The molecule has 0 spiro atoms. The van der Waals surface area contributed by atoms with Gasteiger partial charge in [0.2, 0.25) is 0 Å². The monoisotopic (exact) mass is 377 g/mol. The summed E-state index contributed by atoms with van der Waals surface area (Å²) in [6, 6.07) is 17.2. The third-order valence-electron chi connectivity index (χ3n) is 4.24. The standard InChI is InChI=1S/C22H23N3O3/c1-27-19-8-9-21(28-2)20(13-19)25-22(26)17-12-18(15-23-14-17)24-11-10-16-6-4-3-5-7-16/h3-9,12-15,24H,10-11H2,1-2H3,(H,25,26). The van der Waals surface area contributed by atoms with Gasteiger partial charge < -0.3 is 20.1 Å². The summed E-state index contributed by atoms with van der Waals surface area (Å²) in [7, 11) is 3.12. The van der Waals surface area contributed by atoms with E-state index in [-0.39, 0.29) is 5.91 Å². The predicted molar refractivity (Wildman–Crippen MR) is 110 cm³/mol. The van der Waals surface area contributed by atoms with Crippen LogP contribution in [0.3, 0.4) is 0 Å². The van der Waals surface area contributed by atoms with Crippen molar-refractivity contribution in [1.29, 1.82) is 0 Å². The molecule has 0 aliphatic heterocycles. The minimum absolute atomic E-state index is 0.272. The average Bonchev–Trinajstić information content (AvgIpc) is 2.74. The summed E-state index contributed by atoms with van der Waals surface area (Å²) in [5.41, 5.74) is 3.03. The maximum atomic E-state index is 12.7. The third kappa shape index (κ3) is 5.01. The van der Waals surface area contributed by atoms with Crippen molar-refractivity contribution in [1.82, 2.24) is 4.98 Å². The molecule has 0 saturated carbocycles. The van der Waals surface area contributed by atoms with Crippen LogP contribution in [0.4, 0.5) is 11.4 Å². The van der Waals surface area contributed by atoms with Gasteiger partial charge in [0.05, 0.1) is 31.2 Å². The second kappa shape index (κ2) is 9.41. The molecule has 2 N–H and O–H groups in total. The molecule has 0 aliphatic carbocycles. The lowest BCUT2D eigenvalue weighted by Gasteiger charge is -2.12. The molecule has 0 bridgehead atoms. The zero-order valence-electron chi connectivity index (χ0n) is 15.9. The zero-order valence-corrected chi connectivity index (χ0v) is 15.9. The van der Waals surface area contributed by atoms with Crippen molar-refractivity contribution < 1.29 is 14.3 Å². The summed E-state index contributed by atoms with van der Waals surface area (Å²) in [6.45, 7) is 0.750. The van der Waals surface area contributed by atoms with Gasteiger partial charge in [-0.1, -0.05) is 30.3 Å². The van der Waals surface area contributed by atoms with E-state index in [4.69, 9.17) is 9.47 Å². The highest BCUT2D eigenvalue weighted by Crippen LogP contribution is 2.29. The molecule has 0 unspecified atom stereocenters. The second-order valence-electron chi connectivity index (χ2n) is 6.15. The number of hydrogen-bond acceptors (Lipinski definition) is 5. The summed E-state index contributed by atoms with van der Waals surface area (Å²) in [4.78, 5) is 16.8. The van der Waals surface area contributed by atoms with Crippen LogP contribution >= 0.6 is 0 Å². The van der Waals surface area contributed by atoms with E-state index in [1.807, 2.05) is 18.2 Å². The van der Waals surface area contributed by atoms with Gasteiger partial charge in [-0.25, -0.2) is 0 Å². The SMILES string of the molecule is COc1ccc(OC)c(NC(=O)c2cncc(NCCc3ccccc3)c2)c1. The lowest BCUT2D eigenvalue weighted by atomic mass is 10.1. The van der Waals surface area contributed by atoms with Gasteiger partial charge in [-0.3, -0.25) is 9.78 Å². The molecule has 144 valence electrons. The molecule has 28 heavy (non-hydrogen) atoms. The first-order valence-corrected chi connectivity index (χ1v) is 8.96. The Balaban J connectivity index is 1.65. The Kier molecular flexibility index (Phi) is 6.46. The van der Waals surface area contributed by atoms with Crippen LogP contribution in [0.5, 0.6) is 11.5 Å². The van der Waals surface area contributed by atoms with Gasteiger partial charge in [-0.2, -0.15) is 0 Å². The Bertz CT molecular complexity index is 929. The first-order chi connectivity index (χ1) is 13.7. The molecule has 6 heteroatoms. The van der Waals surface area contributed by atoms with Gasteiger partial charge in [-0.05, 0) is 30.2 Å². The highest BCUT2D eigenvalue weighted by molar-refractivity contribution is 6.05. The number of pyridine rings is 1. The maximum Gasteiger partial charge on any atom is 0.257 e. The number of methoxy groups -OCH3 is 2. The fourth-order valence-electron chi connectivity index (χ4n) is 2.76. The number of rotatable bonds is 8. The van der Waals surface area contributed by atoms with E-state index in [2.05, 4.69) is 27.8 Å². The van der Waals surface area contributed by atoms with Crippen molar-refractivity contribution >= 4 is 17.3 Å². The number of amides is 1. The first-order valence-electron chi connectivity index (χ1n) is 8.96. The number of aromatic nitrogens is 1. The molecule has 1 aromatic heterocycles. The van der Waals surface area contributed by atoms with Crippen molar-refractivity contribution in [2.45, 2.75) is 6.42 Å². The molecule has 1 amide bonds. The number of carbonyl (C=O) groups is 1. The number of ether oxygens (including phenoxy) is 2. The predicted octanol–water partition coefficient (Wildman–Crippen LogP) is 4.01. The Morgan fingerprint density at radius 3 is 2.57 bits per heavy atom. The Hall–Kier alpha value is -3.54. The first kappa shape index (κ1) is 19.2. The lowest BCUT2D eigenvalue weighted by Crippen LogP contribution is -2.14. The van der Waals surface area contributed by atoms with Crippen molar-refractivity contribution in [2.75, 3.05) is 31.4 Å². The maximum absolute atomic E-state index is 12.7. The van der Waals surface area contributed by atoms with Crippen LogP contribution < -0.4 is 20.1 Å². The number of nitrogens with one attached hydrogen (secondary N) is 2. The van der Waals surface area contributed by atoms with Crippen LogP contribution in [0.2, 0.25) is 0 Å². The van der Waals surface area contributed by atoms with E-state index in [1.54, 1.807) is 44.7 Å². The normalized spacial score (nSPS) is 10.2. The minimum Gasteiger partial charge on any atom is -0.497 e. The zero-order chi connectivity index (χ0) is 19.8. The molecule has 0 radical (unpaired) electrons. The van der Waals surface area contributed by atoms with E-state index < -0.39 is 0 Å². The topological polar surface area (TPSA) is 72.5 Å². The van der Waals surface area contributed by atoms with E-state index >= 15 is 0 Å². The molecule has 0 aliphatic rings. The smallest absolute Gasteiger partial charge is 0.257 e. The number of anilines is 2. The largest absolute Gasteiger partial charge is 0.497 e. The fraction of sp³-hybridized carbons (Fsp3) is 0.182. The Morgan fingerprint density at radius 1 is 1.00 bits per heavy atom. The molecule has 3 aromatic rings. The molecular weight excluding hydrogens is 354 g/mol. The molecule has 0 saturated heterocycles. The van der Waals surface area contributed by atoms with Crippen molar-refractivity contribution in [3.8, 4) is 11.5 Å². The fourth-order valence-corrected chi connectivity index (χ4v) is 2.76. The van der Waals surface area contributed by atoms with Crippen LogP contribution in [0.25, 0.3) is 0 Å². The number of benzene rings is 2. The number of hydrogen-bond donors (Lipinski definition) is 2. The molecule has 3 rings (SSSR count). The van der Waals surface area contributed by atoms with Crippen molar-refractivity contribution in [2.24, 2.45) is 0 Å². The summed E-state index contributed by atoms with van der Waals surface area (Å²) in [5, 5.41) is 6.16. The highest BCUT2D eigenvalue weighted by Gasteiger charge is 2.12. The minimum atomic E-state index is -0.272. The lowest BCUT2D eigenvalue weighted by molar-refractivity contribution is 0.102. The molecule has 6 nitrogen and oxygen atoms in total. The van der Waals surface area contributed by atoms with Gasteiger partial charge in [0.1, 0.15) is 11.5 Å². The van der Waals surface area contributed by atoms with Gasteiger partial charge in [0.15, 0.2) is 0 Å². The Morgan fingerprint density at radius 2 is 1.82 bits per heavy atom. The number of nitrogens with zero attached hydrogens (tertiary/aromatic N) is 1. The Labute approximate surface area is 164 Å². The molecule has 0 fully saturated rings. The molecule has 2 aromatic carbocycles. The molecule has 0 atom stereocenters. The highest BCUT2D eigenvalue weighted by atomic mass is 16.5. The molecule has 1 heterocycles.